The third-order valence-electron chi connectivity index (χ3n) is 5.17. The van der Waals surface area contributed by atoms with Crippen LogP contribution in [-0.4, -0.2) is 23.3 Å². The molecule has 0 fully saturated rings. The number of carbonyl (C=O) groups excluding carboxylic acids is 2. The largest absolute Gasteiger partial charge is 0.338 e. The van der Waals surface area contributed by atoms with Crippen molar-refractivity contribution < 1.29 is 9.59 Å². The third kappa shape index (κ3) is 3.43. The Morgan fingerprint density at radius 2 is 1.81 bits per heavy atom. The van der Waals surface area contributed by atoms with Gasteiger partial charge in [-0.25, -0.2) is 0 Å². The molecule has 0 bridgehead atoms. The molecule has 3 aromatic rings. The van der Waals surface area contributed by atoms with E-state index < -0.39 is 0 Å². The van der Waals surface area contributed by atoms with Crippen molar-refractivity contribution in [2.24, 2.45) is 0 Å². The van der Waals surface area contributed by atoms with E-state index in [4.69, 9.17) is 0 Å². The summed E-state index contributed by atoms with van der Waals surface area (Å²) in [5, 5.41) is 5.00. The second-order valence-electron chi connectivity index (χ2n) is 6.88. The minimum absolute atomic E-state index is 0.121. The van der Waals surface area contributed by atoms with Crippen LogP contribution in [0.2, 0.25) is 0 Å². The van der Waals surface area contributed by atoms with Gasteiger partial charge in [-0.2, -0.15) is 0 Å². The lowest BCUT2D eigenvalue weighted by Gasteiger charge is -2.29. The van der Waals surface area contributed by atoms with Crippen LogP contribution >= 0.6 is 0 Å². The molecule has 0 spiro atoms. The van der Waals surface area contributed by atoms with Gasteiger partial charge in [-0.3, -0.25) is 9.59 Å². The monoisotopic (exact) mass is 358 g/mol. The lowest BCUT2D eigenvalue weighted by Crippen LogP contribution is -2.35. The van der Waals surface area contributed by atoms with Gasteiger partial charge in [-0.15, -0.1) is 0 Å². The molecule has 3 aromatic carbocycles. The summed E-state index contributed by atoms with van der Waals surface area (Å²) in [6, 6.07) is 19.6. The molecule has 2 amide bonds. The molecule has 1 heterocycles. The average molecular weight is 358 g/mol. The fourth-order valence-electron chi connectivity index (χ4n) is 3.69. The number of fused-ring (bicyclic) bond motifs is 2. The third-order valence-corrected chi connectivity index (χ3v) is 5.17. The van der Waals surface area contributed by atoms with E-state index in [1.807, 2.05) is 66.4 Å². The quantitative estimate of drug-likeness (QED) is 0.755. The summed E-state index contributed by atoms with van der Waals surface area (Å²) < 4.78 is 0. The van der Waals surface area contributed by atoms with E-state index in [1.54, 1.807) is 0 Å². The summed E-state index contributed by atoms with van der Waals surface area (Å²) in [5.41, 5.74) is 3.78. The second kappa shape index (κ2) is 7.23. The number of benzene rings is 3. The van der Waals surface area contributed by atoms with Crippen LogP contribution in [0.25, 0.3) is 10.8 Å². The Bertz CT molecular complexity index is 1020. The molecule has 0 saturated carbocycles. The van der Waals surface area contributed by atoms with Gasteiger partial charge in [0, 0.05) is 30.8 Å². The van der Waals surface area contributed by atoms with Crippen molar-refractivity contribution in [1.29, 1.82) is 0 Å². The zero-order valence-corrected chi connectivity index (χ0v) is 15.4. The molecule has 0 aliphatic carbocycles. The van der Waals surface area contributed by atoms with E-state index in [0.717, 1.165) is 35.0 Å². The van der Waals surface area contributed by atoms with Crippen molar-refractivity contribution >= 4 is 28.3 Å². The number of hydrogen-bond acceptors (Lipinski definition) is 2. The first kappa shape index (κ1) is 17.3. The molecule has 4 heteroatoms. The van der Waals surface area contributed by atoms with E-state index in [0.29, 0.717) is 18.5 Å². The van der Waals surface area contributed by atoms with E-state index in [9.17, 15) is 9.59 Å². The summed E-state index contributed by atoms with van der Waals surface area (Å²) in [6.45, 7) is 3.26. The molecule has 4 nitrogen and oxygen atoms in total. The predicted octanol–water partition coefficient (Wildman–Crippen LogP) is 4.39. The number of nitrogens with zero attached hydrogens (tertiary/aromatic N) is 1. The summed E-state index contributed by atoms with van der Waals surface area (Å²) in [4.78, 5) is 26.7. The predicted molar refractivity (Wildman–Crippen MR) is 108 cm³/mol. The van der Waals surface area contributed by atoms with Crippen molar-refractivity contribution in [2.45, 2.75) is 26.3 Å². The minimum atomic E-state index is -0.121. The number of nitrogens with one attached hydrogen (secondary N) is 1. The van der Waals surface area contributed by atoms with E-state index in [-0.39, 0.29) is 11.8 Å². The van der Waals surface area contributed by atoms with Crippen molar-refractivity contribution in [2.75, 3.05) is 11.9 Å². The number of anilines is 1. The Labute approximate surface area is 158 Å². The molecule has 0 radical (unpaired) electrons. The zero-order valence-electron chi connectivity index (χ0n) is 15.4. The van der Waals surface area contributed by atoms with Crippen molar-refractivity contribution in [3.63, 3.8) is 0 Å². The number of carbonyl (C=O) groups is 2. The smallest absolute Gasteiger partial charge is 0.256 e. The SMILES string of the molecule is CCC(=O)N1CCc2ccc(NC(=O)c3cccc4ccccc34)cc2C1. The maximum Gasteiger partial charge on any atom is 0.256 e. The van der Waals surface area contributed by atoms with Crippen molar-refractivity contribution in [3.05, 3.63) is 77.4 Å². The van der Waals surface area contributed by atoms with Gasteiger partial charge in [0.05, 0.1) is 0 Å². The van der Waals surface area contributed by atoms with Gasteiger partial charge in [-0.1, -0.05) is 49.4 Å². The maximum absolute atomic E-state index is 12.8. The maximum atomic E-state index is 12.8. The molecular formula is C23H22N2O2. The summed E-state index contributed by atoms with van der Waals surface area (Å²) in [5.74, 6) is 0.0508. The lowest BCUT2D eigenvalue weighted by atomic mass is 9.98. The number of rotatable bonds is 3. The van der Waals surface area contributed by atoms with Crippen LogP contribution < -0.4 is 5.32 Å². The first-order valence-corrected chi connectivity index (χ1v) is 9.34. The molecule has 1 aliphatic heterocycles. The number of hydrogen-bond donors (Lipinski definition) is 1. The summed E-state index contributed by atoms with van der Waals surface area (Å²) >= 11 is 0. The molecule has 136 valence electrons. The Hall–Kier alpha value is -3.14. The fourth-order valence-corrected chi connectivity index (χ4v) is 3.69. The van der Waals surface area contributed by atoms with Crippen LogP contribution in [0.4, 0.5) is 5.69 Å². The topological polar surface area (TPSA) is 49.4 Å². The van der Waals surface area contributed by atoms with Crippen LogP contribution in [-0.2, 0) is 17.8 Å². The molecule has 1 N–H and O–H groups in total. The van der Waals surface area contributed by atoms with Gasteiger partial charge < -0.3 is 10.2 Å². The van der Waals surface area contributed by atoms with Crippen LogP contribution in [0.3, 0.4) is 0 Å². The molecule has 0 aromatic heterocycles. The van der Waals surface area contributed by atoms with Crippen LogP contribution in [0.15, 0.2) is 60.7 Å². The first-order valence-electron chi connectivity index (χ1n) is 9.34. The lowest BCUT2D eigenvalue weighted by molar-refractivity contribution is -0.131. The van der Waals surface area contributed by atoms with Crippen LogP contribution in [0.5, 0.6) is 0 Å². The highest BCUT2D eigenvalue weighted by molar-refractivity contribution is 6.12. The van der Waals surface area contributed by atoms with Crippen molar-refractivity contribution in [3.8, 4) is 0 Å². The number of amides is 2. The average Bonchev–Trinajstić information content (AvgIpc) is 2.72. The first-order chi connectivity index (χ1) is 13.2. The molecule has 0 saturated heterocycles. The van der Waals surface area contributed by atoms with Gasteiger partial charge in [0.2, 0.25) is 5.91 Å². The molecule has 27 heavy (non-hydrogen) atoms. The van der Waals surface area contributed by atoms with Gasteiger partial charge in [0.1, 0.15) is 0 Å². The minimum Gasteiger partial charge on any atom is -0.338 e. The van der Waals surface area contributed by atoms with E-state index >= 15 is 0 Å². The zero-order chi connectivity index (χ0) is 18.8. The molecule has 0 unspecified atom stereocenters. The van der Waals surface area contributed by atoms with Crippen molar-refractivity contribution in [1.82, 2.24) is 4.90 Å². The highest BCUT2D eigenvalue weighted by Crippen LogP contribution is 2.25. The summed E-state index contributed by atoms with van der Waals surface area (Å²) in [6.07, 6.45) is 1.38. The van der Waals surface area contributed by atoms with E-state index in [2.05, 4.69) is 11.4 Å². The molecular weight excluding hydrogens is 336 g/mol. The van der Waals surface area contributed by atoms with Gasteiger partial charge in [-0.05, 0) is 46.5 Å². The summed E-state index contributed by atoms with van der Waals surface area (Å²) in [7, 11) is 0. The normalized spacial score (nSPS) is 13.3. The second-order valence-corrected chi connectivity index (χ2v) is 6.88. The van der Waals surface area contributed by atoms with Crippen LogP contribution in [0, 0.1) is 0 Å². The molecule has 4 rings (SSSR count). The highest BCUT2D eigenvalue weighted by Gasteiger charge is 2.20. The standard InChI is InChI=1S/C23H22N2O2/c1-2-22(26)25-13-12-16-10-11-19(14-18(16)15-25)24-23(27)21-9-5-7-17-6-3-4-8-20(17)21/h3-11,14H,2,12-13,15H2,1H3,(H,24,27). The van der Waals surface area contributed by atoms with Gasteiger partial charge >= 0.3 is 0 Å². The molecule has 0 atom stereocenters. The van der Waals surface area contributed by atoms with E-state index in [1.165, 1.54) is 5.56 Å². The molecule has 1 aliphatic rings. The Morgan fingerprint density at radius 3 is 2.67 bits per heavy atom. The fraction of sp³-hybridized carbons (Fsp3) is 0.217. The highest BCUT2D eigenvalue weighted by atomic mass is 16.2. The van der Waals surface area contributed by atoms with Gasteiger partial charge in [0.15, 0.2) is 0 Å². The Morgan fingerprint density at radius 1 is 1.00 bits per heavy atom. The van der Waals surface area contributed by atoms with Gasteiger partial charge in [0.25, 0.3) is 5.91 Å². The Kier molecular flexibility index (Phi) is 4.63. The van der Waals surface area contributed by atoms with Crippen LogP contribution in [0.1, 0.15) is 34.8 Å². The Balaban J connectivity index is 1.58.